The fourth-order valence-electron chi connectivity index (χ4n) is 2.41. The van der Waals surface area contributed by atoms with Gasteiger partial charge in [-0.05, 0) is 32.0 Å². The van der Waals surface area contributed by atoms with E-state index in [0.717, 1.165) is 19.0 Å². The molecular formula is C12H16F2N2. The maximum absolute atomic E-state index is 13.6. The van der Waals surface area contributed by atoms with E-state index < -0.39 is 11.6 Å². The minimum Gasteiger partial charge on any atom is -0.330 e. The molecule has 0 amide bonds. The summed E-state index contributed by atoms with van der Waals surface area (Å²) in [5.41, 5.74) is 6.19. The Kier molecular flexibility index (Phi) is 3.21. The average molecular weight is 226 g/mol. The third-order valence-electron chi connectivity index (χ3n) is 3.29. The van der Waals surface area contributed by atoms with Crippen molar-refractivity contribution in [2.24, 2.45) is 11.7 Å². The van der Waals surface area contributed by atoms with Crippen LogP contribution in [0, 0.1) is 17.6 Å². The zero-order valence-electron chi connectivity index (χ0n) is 9.29. The molecule has 1 fully saturated rings. The highest BCUT2D eigenvalue weighted by Crippen LogP contribution is 2.34. The smallest absolute Gasteiger partial charge is 0.130 e. The normalized spacial score (nSPS) is 26.2. The van der Waals surface area contributed by atoms with E-state index in [9.17, 15) is 8.78 Å². The van der Waals surface area contributed by atoms with Crippen molar-refractivity contribution in [1.29, 1.82) is 0 Å². The second kappa shape index (κ2) is 4.47. The van der Waals surface area contributed by atoms with Crippen LogP contribution in [0.15, 0.2) is 18.2 Å². The number of hydrogen-bond acceptors (Lipinski definition) is 2. The molecule has 1 aromatic carbocycles. The molecule has 2 atom stereocenters. The van der Waals surface area contributed by atoms with Crippen LogP contribution in [0.2, 0.25) is 0 Å². The summed E-state index contributed by atoms with van der Waals surface area (Å²) in [6.07, 6.45) is 0.843. The molecule has 1 aliphatic heterocycles. The number of hydrogen-bond donors (Lipinski definition) is 1. The van der Waals surface area contributed by atoms with Gasteiger partial charge in [0, 0.05) is 24.2 Å². The molecule has 88 valence electrons. The van der Waals surface area contributed by atoms with Crippen LogP contribution < -0.4 is 5.73 Å². The molecule has 0 spiro atoms. The SMILES string of the molecule is CN1CC(CN)CC1c1ccc(F)cc1F. The Bertz CT molecular complexity index is 381. The largest absolute Gasteiger partial charge is 0.330 e. The maximum atomic E-state index is 13.6. The van der Waals surface area contributed by atoms with Gasteiger partial charge in [-0.3, -0.25) is 4.90 Å². The number of nitrogens with zero attached hydrogens (tertiary/aromatic N) is 1. The van der Waals surface area contributed by atoms with Gasteiger partial charge in [-0.1, -0.05) is 6.07 Å². The van der Waals surface area contributed by atoms with Crippen LogP contribution in [0.1, 0.15) is 18.0 Å². The molecule has 1 saturated heterocycles. The summed E-state index contributed by atoms with van der Waals surface area (Å²) in [6.45, 7) is 1.49. The van der Waals surface area contributed by atoms with Crippen molar-refractivity contribution in [3.63, 3.8) is 0 Å². The Morgan fingerprint density at radius 3 is 2.75 bits per heavy atom. The van der Waals surface area contributed by atoms with Crippen LogP contribution in [0.25, 0.3) is 0 Å². The van der Waals surface area contributed by atoms with Crippen LogP contribution in [0.3, 0.4) is 0 Å². The Morgan fingerprint density at radius 2 is 2.19 bits per heavy atom. The predicted molar refractivity (Wildman–Crippen MR) is 58.9 cm³/mol. The summed E-state index contributed by atoms with van der Waals surface area (Å²) < 4.78 is 26.4. The van der Waals surface area contributed by atoms with Crippen molar-refractivity contribution in [3.05, 3.63) is 35.4 Å². The lowest BCUT2D eigenvalue weighted by Crippen LogP contribution is -2.21. The Hall–Kier alpha value is -1.00. The lowest BCUT2D eigenvalue weighted by Gasteiger charge is -2.20. The fourth-order valence-corrected chi connectivity index (χ4v) is 2.41. The van der Waals surface area contributed by atoms with Crippen LogP contribution >= 0.6 is 0 Å². The van der Waals surface area contributed by atoms with Gasteiger partial charge in [-0.15, -0.1) is 0 Å². The van der Waals surface area contributed by atoms with Gasteiger partial charge in [0.1, 0.15) is 11.6 Å². The number of nitrogens with two attached hydrogens (primary N) is 1. The first-order valence-corrected chi connectivity index (χ1v) is 5.47. The summed E-state index contributed by atoms with van der Waals surface area (Å²) >= 11 is 0. The summed E-state index contributed by atoms with van der Waals surface area (Å²) in [7, 11) is 1.95. The first-order chi connectivity index (χ1) is 7.61. The molecule has 16 heavy (non-hydrogen) atoms. The highest BCUT2D eigenvalue weighted by atomic mass is 19.1. The third-order valence-corrected chi connectivity index (χ3v) is 3.29. The van der Waals surface area contributed by atoms with E-state index in [-0.39, 0.29) is 6.04 Å². The molecule has 1 heterocycles. The number of likely N-dealkylation sites (tertiary alicyclic amines) is 1. The molecule has 0 aromatic heterocycles. The standard InChI is InChI=1S/C12H16F2N2/c1-16-7-8(6-15)4-12(16)10-3-2-9(13)5-11(10)14/h2-3,5,8,12H,4,6-7,15H2,1H3. The van der Waals surface area contributed by atoms with Gasteiger partial charge >= 0.3 is 0 Å². The van der Waals surface area contributed by atoms with Crippen LogP contribution in [-0.4, -0.2) is 25.0 Å². The molecular weight excluding hydrogens is 210 g/mol. The summed E-state index contributed by atoms with van der Waals surface area (Å²) in [6, 6.07) is 3.81. The predicted octanol–water partition coefficient (Wildman–Crippen LogP) is 1.92. The first kappa shape index (κ1) is 11.5. The molecule has 2 rings (SSSR count). The quantitative estimate of drug-likeness (QED) is 0.834. The summed E-state index contributed by atoms with van der Waals surface area (Å²) in [5, 5.41) is 0. The molecule has 2 N–H and O–H groups in total. The summed E-state index contributed by atoms with van der Waals surface area (Å²) in [4.78, 5) is 2.08. The third kappa shape index (κ3) is 2.08. The molecule has 0 bridgehead atoms. The van der Waals surface area contributed by atoms with Crippen molar-refractivity contribution >= 4 is 0 Å². The van der Waals surface area contributed by atoms with E-state index in [1.165, 1.54) is 12.1 Å². The van der Waals surface area contributed by atoms with Crippen molar-refractivity contribution in [2.45, 2.75) is 12.5 Å². The zero-order chi connectivity index (χ0) is 11.7. The monoisotopic (exact) mass is 226 g/mol. The van der Waals surface area contributed by atoms with Gasteiger partial charge in [0.05, 0.1) is 0 Å². The highest BCUT2D eigenvalue weighted by Gasteiger charge is 2.31. The van der Waals surface area contributed by atoms with Crippen LogP contribution in [0.4, 0.5) is 8.78 Å². The van der Waals surface area contributed by atoms with Crippen molar-refractivity contribution < 1.29 is 8.78 Å². The van der Waals surface area contributed by atoms with E-state index in [1.54, 1.807) is 0 Å². The van der Waals surface area contributed by atoms with E-state index in [0.29, 0.717) is 18.0 Å². The lowest BCUT2D eigenvalue weighted by atomic mass is 9.99. The Labute approximate surface area is 94.0 Å². The van der Waals surface area contributed by atoms with Crippen molar-refractivity contribution in [2.75, 3.05) is 20.1 Å². The Balaban J connectivity index is 2.24. The van der Waals surface area contributed by atoms with Gasteiger partial charge in [-0.25, -0.2) is 8.78 Å². The fraction of sp³-hybridized carbons (Fsp3) is 0.500. The second-order valence-electron chi connectivity index (χ2n) is 4.46. The highest BCUT2D eigenvalue weighted by molar-refractivity contribution is 5.23. The second-order valence-corrected chi connectivity index (χ2v) is 4.46. The lowest BCUT2D eigenvalue weighted by molar-refractivity contribution is 0.306. The molecule has 0 radical (unpaired) electrons. The maximum Gasteiger partial charge on any atom is 0.130 e. The van der Waals surface area contributed by atoms with Gasteiger partial charge in [0.2, 0.25) is 0 Å². The Morgan fingerprint density at radius 1 is 1.44 bits per heavy atom. The van der Waals surface area contributed by atoms with Crippen LogP contribution in [0.5, 0.6) is 0 Å². The number of benzene rings is 1. The molecule has 0 saturated carbocycles. The van der Waals surface area contributed by atoms with E-state index >= 15 is 0 Å². The number of halogens is 2. The van der Waals surface area contributed by atoms with Crippen molar-refractivity contribution in [1.82, 2.24) is 4.90 Å². The molecule has 2 unspecified atom stereocenters. The minimum absolute atomic E-state index is 0.0224. The molecule has 2 nitrogen and oxygen atoms in total. The molecule has 0 aliphatic carbocycles. The van der Waals surface area contributed by atoms with Gasteiger partial charge < -0.3 is 5.73 Å². The molecule has 1 aromatic rings. The van der Waals surface area contributed by atoms with Gasteiger partial charge in [-0.2, -0.15) is 0 Å². The van der Waals surface area contributed by atoms with Gasteiger partial charge in [0.15, 0.2) is 0 Å². The minimum atomic E-state index is -0.530. The van der Waals surface area contributed by atoms with E-state index in [1.807, 2.05) is 7.05 Å². The van der Waals surface area contributed by atoms with Crippen LogP contribution in [-0.2, 0) is 0 Å². The van der Waals surface area contributed by atoms with E-state index in [2.05, 4.69) is 4.90 Å². The average Bonchev–Trinajstić information content (AvgIpc) is 2.60. The van der Waals surface area contributed by atoms with Crippen molar-refractivity contribution in [3.8, 4) is 0 Å². The first-order valence-electron chi connectivity index (χ1n) is 5.47. The van der Waals surface area contributed by atoms with Gasteiger partial charge in [0.25, 0.3) is 0 Å². The van der Waals surface area contributed by atoms with E-state index in [4.69, 9.17) is 5.73 Å². The zero-order valence-corrected chi connectivity index (χ0v) is 9.29. The molecule has 4 heteroatoms. The topological polar surface area (TPSA) is 29.3 Å². The number of rotatable bonds is 2. The summed E-state index contributed by atoms with van der Waals surface area (Å²) in [5.74, 6) is -0.591. The molecule has 1 aliphatic rings.